The van der Waals surface area contributed by atoms with Crippen LogP contribution in [0.25, 0.3) is 0 Å². The zero-order chi connectivity index (χ0) is 18.8. The molecule has 132 valence electrons. The lowest BCUT2D eigenvalue weighted by atomic mass is 9.86. The zero-order valence-corrected chi connectivity index (χ0v) is 17.8. The monoisotopic (exact) mass is 466 g/mol. The van der Waals surface area contributed by atoms with E-state index in [4.69, 9.17) is 4.74 Å². The summed E-state index contributed by atoms with van der Waals surface area (Å²) in [4.78, 5) is 25.6. The summed E-state index contributed by atoms with van der Waals surface area (Å²) in [5.41, 5.74) is 2.00. The number of alkyl halides is 2. The number of benzene rings is 2. The van der Waals surface area contributed by atoms with Crippen molar-refractivity contribution in [2.45, 2.75) is 29.4 Å². The first-order valence-electron chi connectivity index (χ1n) is 7.79. The van der Waals surface area contributed by atoms with Gasteiger partial charge in [0.05, 0.1) is 7.11 Å². The molecule has 0 aliphatic carbocycles. The highest BCUT2D eigenvalue weighted by Crippen LogP contribution is 2.35. The Morgan fingerprint density at radius 1 is 0.800 bits per heavy atom. The molecule has 0 atom stereocenters. The van der Waals surface area contributed by atoms with Gasteiger partial charge in [-0.25, -0.2) is 0 Å². The molecule has 2 aromatic carbocycles. The smallest absolute Gasteiger partial charge is 0.205 e. The van der Waals surface area contributed by atoms with Crippen molar-refractivity contribution in [3.8, 4) is 5.75 Å². The second-order valence-corrected chi connectivity index (χ2v) is 10.2. The first kappa shape index (κ1) is 19.9. The fourth-order valence-corrected chi connectivity index (χ4v) is 3.25. The SMILES string of the molecule is COc1ccc(C(=O)C(Br)(Br)C(=O)c2ccc(C(C)(C)C)cc2)cc1. The van der Waals surface area contributed by atoms with Gasteiger partial charge in [0.1, 0.15) is 5.75 Å². The van der Waals surface area contributed by atoms with E-state index in [1.165, 1.54) is 0 Å². The van der Waals surface area contributed by atoms with Gasteiger partial charge in [-0.3, -0.25) is 9.59 Å². The van der Waals surface area contributed by atoms with E-state index in [-0.39, 0.29) is 17.0 Å². The maximum absolute atomic E-state index is 12.8. The number of ether oxygens (including phenoxy) is 1. The Labute approximate surface area is 165 Å². The highest BCUT2D eigenvalue weighted by Gasteiger charge is 2.41. The largest absolute Gasteiger partial charge is 0.497 e. The van der Waals surface area contributed by atoms with Crippen LogP contribution in [0.15, 0.2) is 48.5 Å². The third-order valence-corrected chi connectivity index (χ3v) is 5.38. The van der Waals surface area contributed by atoms with Crippen LogP contribution in [0.1, 0.15) is 47.1 Å². The Morgan fingerprint density at radius 2 is 1.20 bits per heavy atom. The molecule has 3 nitrogen and oxygen atoms in total. The van der Waals surface area contributed by atoms with Crippen LogP contribution in [-0.4, -0.2) is 21.9 Å². The predicted octanol–water partition coefficient (Wildman–Crippen LogP) is 5.54. The molecule has 25 heavy (non-hydrogen) atoms. The van der Waals surface area contributed by atoms with E-state index in [0.717, 1.165) is 5.56 Å². The molecular formula is C20H20Br2O3. The van der Waals surface area contributed by atoms with Gasteiger partial charge in [0.2, 0.25) is 3.23 Å². The Hall–Kier alpha value is -1.46. The molecule has 0 saturated carbocycles. The Morgan fingerprint density at radius 3 is 1.56 bits per heavy atom. The van der Waals surface area contributed by atoms with E-state index in [0.29, 0.717) is 16.9 Å². The maximum Gasteiger partial charge on any atom is 0.205 e. The Balaban J connectivity index is 2.27. The molecule has 0 N–H and O–H groups in total. The minimum atomic E-state index is -1.50. The fourth-order valence-electron chi connectivity index (χ4n) is 2.33. The standard InChI is InChI=1S/C20H20Br2O3/c1-19(2,3)15-9-5-13(6-10-15)17(23)20(21,22)18(24)14-7-11-16(25-4)12-8-14/h5-12H,1-4H3. The van der Waals surface area contributed by atoms with Crippen molar-refractivity contribution in [1.29, 1.82) is 0 Å². The highest BCUT2D eigenvalue weighted by molar-refractivity contribution is 9.26. The summed E-state index contributed by atoms with van der Waals surface area (Å²) >= 11 is 6.53. The van der Waals surface area contributed by atoms with Gasteiger partial charge in [-0.15, -0.1) is 0 Å². The lowest BCUT2D eigenvalue weighted by Crippen LogP contribution is -2.34. The average molecular weight is 468 g/mol. The second kappa shape index (κ2) is 7.42. The minimum Gasteiger partial charge on any atom is -0.497 e. The van der Waals surface area contributed by atoms with E-state index in [9.17, 15) is 9.59 Å². The molecule has 2 rings (SSSR count). The zero-order valence-electron chi connectivity index (χ0n) is 14.6. The van der Waals surface area contributed by atoms with Crippen LogP contribution in [0.4, 0.5) is 0 Å². The molecule has 0 saturated heterocycles. The van der Waals surface area contributed by atoms with Crippen LogP contribution in [0.2, 0.25) is 0 Å². The van der Waals surface area contributed by atoms with Crippen LogP contribution >= 0.6 is 31.9 Å². The average Bonchev–Trinajstić information content (AvgIpc) is 2.59. The molecule has 0 aliphatic heterocycles. The van der Waals surface area contributed by atoms with Crippen molar-refractivity contribution < 1.29 is 14.3 Å². The number of methoxy groups -OCH3 is 1. The number of carbonyl (C=O) groups excluding carboxylic acids is 2. The summed E-state index contributed by atoms with van der Waals surface area (Å²) in [5, 5.41) is 0. The van der Waals surface area contributed by atoms with E-state index >= 15 is 0 Å². The molecule has 0 unspecified atom stereocenters. The lowest BCUT2D eigenvalue weighted by molar-refractivity contribution is 0.0894. The van der Waals surface area contributed by atoms with Gasteiger partial charge in [0.25, 0.3) is 0 Å². The second-order valence-electron chi connectivity index (χ2n) is 6.79. The number of carbonyl (C=O) groups is 2. The van der Waals surface area contributed by atoms with Gasteiger partial charge < -0.3 is 4.74 Å². The van der Waals surface area contributed by atoms with Gasteiger partial charge in [-0.2, -0.15) is 0 Å². The van der Waals surface area contributed by atoms with E-state index in [1.807, 2.05) is 12.1 Å². The number of rotatable bonds is 5. The first-order valence-corrected chi connectivity index (χ1v) is 9.38. The molecular weight excluding hydrogens is 448 g/mol. The van der Waals surface area contributed by atoms with Gasteiger partial charge in [-0.1, -0.05) is 76.9 Å². The summed E-state index contributed by atoms with van der Waals surface area (Å²) < 4.78 is 3.59. The van der Waals surface area contributed by atoms with Crippen molar-refractivity contribution in [3.63, 3.8) is 0 Å². The molecule has 5 heteroatoms. The third kappa shape index (κ3) is 4.39. The van der Waals surface area contributed by atoms with Gasteiger partial charge >= 0.3 is 0 Å². The molecule has 0 fully saturated rings. The van der Waals surface area contributed by atoms with Crippen LogP contribution in [0.5, 0.6) is 5.75 Å². The molecule has 0 aliphatic rings. The van der Waals surface area contributed by atoms with E-state index in [1.54, 1.807) is 43.5 Å². The molecule has 0 bridgehead atoms. The number of Topliss-reactive ketones (excluding diaryl/α,β-unsaturated/α-hetero) is 2. The van der Waals surface area contributed by atoms with Crippen LogP contribution < -0.4 is 4.74 Å². The molecule has 0 spiro atoms. The van der Waals surface area contributed by atoms with E-state index in [2.05, 4.69) is 52.6 Å². The molecule has 0 radical (unpaired) electrons. The topological polar surface area (TPSA) is 43.4 Å². The number of ketones is 2. The quantitative estimate of drug-likeness (QED) is 0.329. The van der Waals surface area contributed by atoms with Gasteiger partial charge in [0.15, 0.2) is 11.6 Å². The molecule has 0 heterocycles. The van der Waals surface area contributed by atoms with Gasteiger partial charge in [-0.05, 0) is 35.2 Å². The maximum atomic E-state index is 12.8. The molecule has 0 aromatic heterocycles. The highest BCUT2D eigenvalue weighted by atomic mass is 79.9. The van der Waals surface area contributed by atoms with Crippen molar-refractivity contribution in [3.05, 3.63) is 65.2 Å². The predicted molar refractivity (Wildman–Crippen MR) is 107 cm³/mol. The summed E-state index contributed by atoms with van der Waals surface area (Å²) in [6, 6.07) is 14.0. The molecule has 2 aromatic rings. The lowest BCUT2D eigenvalue weighted by Gasteiger charge is -2.21. The van der Waals surface area contributed by atoms with E-state index < -0.39 is 3.23 Å². The number of hydrogen-bond donors (Lipinski definition) is 0. The summed E-state index contributed by atoms with van der Waals surface area (Å²) in [5.74, 6) is -0.0516. The van der Waals surface area contributed by atoms with Crippen LogP contribution in [0, 0.1) is 0 Å². The van der Waals surface area contributed by atoms with Gasteiger partial charge in [0, 0.05) is 11.1 Å². The fraction of sp³-hybridized carbons (Fsp3) is 0.300. The Bertz CT molecular complexity index is 770. The summed E-state index contributed by atoms with van der Waals surface area (Å²) in [6.45, 7) is 6.32. The Kier molecular flexibility index (Phi) is 5.89. The molecule has 0 amide bonds. The first-order chi connectivity index (χ1) is 11.6. The third-order valence-electron chi connectivity index (χ3n) is 3.94. The van der Waals surface area contributed by atoms with Crippen molar-refractivity contribution >= 4 is 43.4 Å². The van der Waals surface area contributed by atoms with Crippen molar-refractivity contribution in [1.82, 2.24) is 0 Å². The van der Waals surface area contributed by atoms with Crippen LogP contribution in [0.3, 0.4) is 0 Å². The van der Waals surface area contributed by atoms with Crippen molar-refractivity contribution in [2.75, 3.05) is 7.11 Å². The normalized spacial score (nSPS) is 11.9. The minimum absolute atomic E-state index is 0.000382. The summed E-state index contributed by atoms with van der Waals surface area (Å²) in [7, 11) is 1.56. The van der Waals surface area contributed by atoms with Crippen molar-refractivity contribution in [2.24, 2.45) is 0 Å². The number of halogens is 2. The summed E-state index contributed by atoms with van der Waals surface area (Å²) in [6.07, 6.45) is 0. The van der Waals surface area contributed by atoms with Crippen LogP contribution in [-0.2, 0) is 5.41 Å². The number of hydrogen-bond acceptors (Lipinski definition) is 3.